The van der Waals surface area contributed by atoms with Crippen LogP contribution in [0.25, 0.3) is 0 Å². The normalized spacial score (nSPS) is 23.9. The molecule has 2 aliphatic heterocycles. The van der Waals surface area contributed by atoms with Crippen LogP contribution in [-0.2, 0) is 4.79 Å². The van der Waals surface area contributed by atoms with Crippen LogP contribution in [0.15, 0.2) is 46.9 Å². The zero-order chi connectivity index (χ0) is 20.1. The Balaban J connectivity index is 1.73. The van der Waals surface area contributed by atoms with E-state index in [1.165, 1.54) is 11.1 Å². The van der Waals surface area contributed by atoms with Gasteiger partial charge in [-0.3, -0.25) is 4.79 Å². The van der Waals surface area contributed by atoms with Crippen molar-refractivity contribution >= 4 is 27.5 Å². The number of alkyl halides is 3. The first-order valence-corrected chi connectivity index (χ1v) is 10.1. The first-order valence-electron chi connectivity index (χ1n) is 9.28. The van der Waals surface area contributed by atoms with E-state index in [4.69, 9.17) is 0 Å². The van der Waals surface area contributed by atoms with Gasteiger partial charge < -0.3 is 10.2 Å². The van der Waals surface area contributed by atoms with Crippen LogP contribution < -0.4 is 10.2 Å². The molecule has 148 valence electrons. The fraction of sp³-hybridized carbons (Fsp3) is 0.381. The molecule has 7 heteroatoms. The summed E-state index contributed by atoms with van der Waals surface area (Å²) in [5.74, 6) is -1.69. The van der Waals surface area contributed by atoms with Crippen molar-refractivity contribution in [3.05, 3.63) is 63.6 Å². The molecule has 2 aromatic rings. The fourth-order valence-corrected chi connectivity index (χ4v) is 4.84. The largest absolute Gasteiger partial charge is 0.471 e. The van der Waals surface area contributed by atoms with Crippen molar-refractivity contribution in [1.82, 2.24) is 5.32 Å². The molecule has 0 spiro atoms. The molecule has 2 aliphatic rings. The molecule has 0 radical (unpaired) electrons. The predicted molar refractivity (Wildman–Crippen MR) is 105 cm³/mol. The van der Waals surface area contributed by atoms with Gasteiger partial charge in [0.15, 0.2) is 0 Å². The lowest BCUT2D eigenvalue weighted by Crippen LogP contribution is -2.49. The van der Waals surface area contributed by atoms with Gasteiger partial charge >= 0.3 is 12.1 Å². The predicted octanol–water partition coefficient (Wildman–Crippen LogP) is 5.30. The standard InChI is InChI=1S/C21H20BrF3N2O/c1-12-15-4-2-3-5-16(15)19-11-14(26-20(28)21(23,24)25)8-9-27(19)18-7-6-13(22)10-17(12)18/h2-7,10,12,14,19H,8-9,11H2,1H3,(H,26,28)/t12-,14-,19-/m1/s1. The second-order valence-corrected chi connectivity index (χ2v) is 8.37. The Kier molecular flexibility index (Phi) is 4.89. The number of carbonyl (C=O) groups is 1. The van der Waals surface area contributed by atoms with Crippen LogP contribution in [0.4, 0.5) is 18.9 Å². The van der Waals surface area contributed by atoms with Crippen molar-refractivity contribution < 1.29 is 18.0 Å². The van der Waals surface area contributed by atoms with Gasteiger partial charge in [-0.05, 0) is 47.7 Å². The van der Waals surface area contributed by atoms with Crippen molar-refractivity contribution in [3.63, 3.8) is 0 Å². The zero-order valence-electron chi connectivity index (χ0n) is 15.3. The Morgan fingerprint density at radius 2 is 1.86 bits per heavy atom. The van der Waals surface area contributed by atoms with Crippen molar-refractivity contribution in [3.8, 4) is 0 Å². The third kappa shape index (κ3) is 3.41. The highest BCUT2D eigenvalue weighted by atomic mass is 79.9. The number of benzene rings is 2. The van der Waals surface area contributed by atoms with Gasteiger partial charge in [0, 0.05) is 28.7 Å². The number of halogens is 4. The number of anilines is 1. The molecule has 0 aromatic heterocycles. The van der Waals surface area contributed by atoms with Crippen LogP contribution in [0.1, 0.15) is 48.4 Å². The lowest BCUT2D eigenvalue weighted by Gasteiger charge is -2.41. The van der Waals surface area contributed by atoms with Gasteiger partial charge in [0.1, 0.15) is 0 Å². The van der Waals surface area contributed by atoms with Gasteiger partial charge in [-0.2, -0.15) is 13.2 Å². The summed E-state index contributed by atoms with van der Waals surface area (Å²) in [5.41, 5.74) is 4.60. The van der Waals surface area contributed by atoms with Gasteiger partial charge in [0.2, 0.25) is 0 Å². The average Bonchev–Trinajstić information content (AvgIpc) is 2.75. The van der Waals surface area contributed by atoms with Crippen LogP contribution in [0.5, 0.6) is 0 Å². The molecule has 0 unspecified atom stereocenters. The molecule has 0 saturated carbocycles. The number of hydrogen-bond acceptors (Lipinski definition) is 2. The van der Waals surface area contributed by atoms with E-state index in [0.717, 1.165) is 15.7 Å². The summed E-state index contributed by atoms with van der Waals surface area (Å²) in [7, 11) is 0. The van der Waals surface area contributed by atoms with E-state index in [9.17, 15) is 18.0 Å². The van der Waals surface area contributed by atoms with Crippen LogP contribution in [-0.4, -0.2) is 24.7 Å². The first kappa shape index (κ1) is 19.3. The molecule has 1 amide bonds. The van der Waals surface area contributed by atoms with Crippen molar-refractivity contribution in [2.24, 2.45) is 0 Å². The summed E-state index contributed by atoms with van der Waals surface area (Å²) in [6, 6.07) is 13.7. The van der Waals surface area contributed by atoms with E-state index in [0.29, 0.717) is 19.4 Å². The first-order chi connectivity index (χ1) is 13.3. The molecule has 2 heterocycles. The number of piperidine rings is 1. The Labute approximate surface area is 170 Å². The van der Waals surface area contributed by atoms with Gasteiger partial charge in [0.05, 0.1) is 6.04 Å². The molecule has 1 saturated heterocycles. The molecule has 1 N–H and O–H groups in total. The van der Waals surface area contributed by atoms with E-state index in [1.807, 2.05) is 18.2 Å². The van der Waals surface area contributed by atoms with Gasteiger partial charge in [-0.15, -0.1) is 0 Å². The highest BCUT2D eigenvalue weighted by Crippen LogP contribution is 2.47. The minimum Gasteiger partial charge on any atom is -0.364 e. The maximum absolute atomic E-state index is 12.7. The van der Waals surface area contributed by atoms with Crippen molar-refractivity contribution in [2.45, 2.75) is 43.9 Å². The second kappa shape index (κ2) is 7.10. The van der Waals surface area contributed by atoms with Crippen molar-refractivity contribution in [2.75, 3.05) is 11.4 Å². The van der Waals surface area contributed by atoms with E-state index in [-0.39, 0.29) is 12.0 Å². The Morgan fingerprint density at radius 1 is 1.14 bits per heavy atom. The maximum atomic E-state index is 12.7. The molecule has 3 atom stereocenters. The van der Waals surface area contributed by atoms with Crippen molar-refractivity contribution in [1.29, 1.82) is 0 Å². The minimum absolute atomic E-state index is 0.0756. The van der Waals surface area contributed by atoms with Gasteiger partial charge in [-0.1, -0.05) is 47.1 Å². The molecule has 0 bridgehead atoms. The van der Waals surface area contributed by atoms with Gasteiger partial charge in [-0.25, -0.2) is 0 Å². The highest BCUT2D eigenvalue weighted by molar-refractivity contribution is 9.10. The topological polar surface area (TPSA) is 32.3 Å². The maximum Gasteiger partial charge on any atom is 0.471 e. The summed E-state index contributed by atoms with van der Waals surface area (Å²) < 4.78 is 39.1. The number of fused-ring (bicyclic) bond motifs is 5. The van der Waals surface area contributed by atoms with E-state index >= 15 is 0 Å². The monoisotopic (exact) mass is 452 g/mol. The third-order valence-corrected chi connectivity index (χ3v) is 6.28. The molecule has 4 rings (SSSR count). The van der Waals surface area contributed by atoms with E-state index in [2.05, 4.69) is 57.3 Å². The molecular formula is C21H20BrF3N2O. The second-order valence-electron chi connectivity index (χ2n) is 7.46. The van der Waals surface area contributed by atoms with Crippen LogP contribution in [0.2, 0.25) is 0 Å². The molecule has 3 nitrogen and oxygen atoms in total. The molecule has 1 fully saturated rings. The summed E-state index contributed by atoms with van der Waals surface area (Å²) in [6.07, 6.45) is -3.93. The van der Waals surface area contributed by atoms with Crippen LogP contribution >= 0.6 is 15.9 Å². The molecular weight excluding hydrogens is 433 g/mol. The number of amides is 1. The number of rotatable bonds is 1. The Bertz CT molecular complexity index is 915. The lowest BCUT2D eigenvalue weighted by atomic mass is 9.86. The summed E-state index contributed by atoms with van der Waals surface area (Å²) >= 11 is 3.55. The number of hydrogen-bond donors (Lipinski definition) is 1. The number of nitrogens with zero attached hydrogens (tertiary/aromatic N) is 1. The smallest absolute Gasteiger partial charge is 0.364 e. The molecule has 0 aliphatic carbocycles. The average molecular weight is 453 g/mol. The third-order valence-electron chi connectivity index (χ3n) is 5.78. The Morgan fingerprint density at radius 3 is 2.57 bits per heavy atom. The lowest BCUT2D eigenvalue weighted by molar-refractivity contribution is -0.174. The minimum atomic E-state index is -4.86. The summed E-state index contributed by atoms with van der Waals surface area (Å²) in [5, 5.41) is 2.19. The zero-order valence-corrected chi connectivity index (χ0v) is 16.8. The van der Waals surface area contributed by atoms with Crippen LogP contribution in [0, 0.1) is 0 Å². The highest BCUT2D eigenvalue weighted by Gasteiger charge is 2.42. The number of nitrogens with one attached hydrogen (secondary N) is 1. The van der Waals surface area contributed by atoms with E-state index < -0.39 is 18.1 Å². The number of carbonyl (C=O) groups excluding carboxylic acids is 1. The Hall–Kier alpha value is -2.02. The SMILES string of the molecule is C[C@@H]1c2ccccc2[C@H]2C[C@H](NC(=O)C(F)(F)F)CCN2c2ccc(Br)cc21. The van der Waals surface area contributed by atoms with Crippen LogP contribution in [0.3, 0.4) is 0 Å². The summed E-state index contributed by atoms with van der Waals surface area (Å²) in [6.45, 7) is 2.74. The molecule has 2 aromatic carbocycles. The fourth-order valence-electron chi connectivity index (χ4n) is 4.46. The quantitative estimate of drug-likeness (QED) is 0.636. The van der Waals surface area contributed by atoms with E-state index in [1.54, 1.807) is 0 Å². The molecule has 28 heavy (non-hydrogen) atoms. The summed E-state index contributed by atoms with van der Waals surface area (Å²) in [4.78, 5) is 13.7. The van der Waals surface area contributed by atoms with Gasteiger partial charge in [0.25, 0.3) is 0 Å².